The van der Waals surface area contributed by atoms with E-state index in [1.165, 1.54) is 25.7 Å². The van der Waals surface area contributed by atoms with E-state index in [0.29, 0.717) is 10.4 Å². The highest BCUT2D eigenvalue weighted by molar-refractivity contribution is 6.59. The third-order valence-electron chi connectivity index (χ3n) is 3.23. The number of hydrogen-bond acceptors (Lipinski definition) is 0. The second kappa shape index (κ2) is 3.49. The molecule has 65 valence electrons. The van der Waals surface area contributed by atoms with Gasteiger partial charge in [0.25, 0.3) is 0 Å². The Labute approximate surface area is 76.9 Å². The molecule has 1 radical (unpaired) electrons. The highest BCUT2D eigenvalue weighted by atomic mass is 35.5. The largest absolute Gasteiger partial charge is 0.123 e. The van der Waals surface area contributed by atoms with Gasteiger partial charge in [0.05, 0.1) is 0 Å². The Balaban J connectivity index is 2.48. The topological polar surface area (TPSA) is 0 Å². The van der Waals surface area contributed by atoms with Gasteiger partial charge in [-0.25, -0.2) is 0 Å². The lowest BCUT2D eigenvalue weighted by molar-refractivity contribution is 0.400. The molecule has 0 amide bonds. The van der Waals surface area contributed by atoms with Crippen molar-refractivity contribution in [2.45, 2.75) is 56.1 Å². The van der Waals surface area contributed by atoms with Crippen LogP contribution in [-0.2, 0) is 0 Å². The van der Waals surface area contributed by atoms with Gasteiger partial charge in [0.1, 0.15) is 0 Å². The standard InChI is InChI=1S/C9H18ClSi/c1-9(11(2)3)6-4-8(10)5-7-9/h8H,4-7H2,1-3H3. The summed E-state index contributed by atoms with van der Waals surface area (Å²) in [5, 5.41) is 1.15. The lowest BCUT2D eigenvalue weighted by atomic mass is 9.89. The smallest absolute Gasteiger partial charge is 0.0477 e. The first kappa shape index (κ1) is 9.59. The normalized spacial score (nSPS) is 39.5. The van der Waals surface area contributed by atoms with Crippen LogP contribution in [0.25, 0.3) is 0 Å². The summed E-state index contributed by atoms with van der Waals surface area (Å²) in [6.45, 7) is 7.31. The number of hydrogen-bond donors (Lipinski definition) is 0. The van der Waals surface area contributed by atoms with E-state index in [1.807, 2.05) is 0 Å². The molecule has 1 rings (SSSR count). The van der Waals surface area contributed by atoms with Crippen LogP contribution in [0.15, 0.2) is 0 Å². The molecule has 1 aliphatic rings. The fourth-order valence-electron chi connectivity index (χ4n) is 1.72. The van der Waals surface area contributed by atoms with Gasteiger partial charge in [0.15, 0.2) is 0 Å². The molecule has 2 heteroatoms. The van der Waals surface area contributed by atoms with E-state index in [0.717, 1.165) is 0 Å². The molecule has 0 heterocycles. The Morgan fingerprint density at radius 2 is 1.73 bits per heavy atom. The lowest BCUT2D eigenvalue weighted by Crippen LogP contribution is -2.29. The van der Waals surface area contributed by atoms with Crippen LogP contribution in [0.4, 0.5) is 0 Å². The molecular weight excluding hydrogens is 172 g/mol. The molecule has 0 aliphatic heterocycles. The highest BCUT2D eigenvalue weighted by Crippen LogP contribution is 2.45. The maximum absolute atomic E-state index is 6.06. The Morgan fingerprint density at radius 1 is 1.27 bits per heavy atom. The summed E-state index contributed by atoms with van der Waals surface area (Å²) >= 11 is 6.06. The molecule has 0 saturated heterocycles. The van der Waals surface area contributed by atoms with E-state index in [-0.39, 0.29) is 8.80 Å². The maximum Gasteiger partial charge on any atom is 0.0477 e. The summed E-state index contributed by atoms with van der Waals surface area (Å²) in [7, 11) is -0.116. The SMILES string of the molecule is C[Si](C)C1(C)CCC(Cl)CC1. The first-order valence-corrected chi connectivity index (χ1v) is 7.43. The van der Waals surface area contributed by atoms with Crippen LogP contribution in [0.5, 0.6) is 0 Å². The third kappa shape index (κ3) is 2.22. The number of halogens is 1. The molecule has 1 aliphatic carbocycles. The van der Waals surface area contributed by atoms with Crippen molar-refractivity contribution < 1.29 is 0 Å². The molecule has 1 fully saturated rings. The van der Waals surface area contributed by atoms with Gasteiger partial charge < -0.3 is 0 Å². The van der Waals surface area contributed by atoms with Crippen LogP contribution in [-0.4, -0.2) is 14.2 Å². The molecule has 0 N–H and O–H groups in total. The zero-order valence-corrected chi connectivity index (χ0v) is 9.54. The average Bonchev–Trinajstić information content (AvgIpc) is 1.95. The summed E-state index contributed by atoms with van der Waals surface area (Å²) in [6, 6.07) is 0. The second-order valence-corrected chi connectivity index (χ2v) is 8.06. The van der Waals surface area contributed by atoms with Crippen LogP contribution in [0, 0.1) is 0 Å². The van der Waals surface area contributed by atoms with E-state index in [9.17, 15) is 0 Å². The minimum Gasteiger partial charge on any atom is -0.123 e. The monoisotopic (exact) mass is 189 g/mol. The first-order valence-electron chi connectivity index (χ1n) is 4.49. The summed E-state index contributed by atoms with van der Waals surface area (Å²) in [6.07, 6.45) is 5.22. The quantitative estimate of drug-likeness (QED) is 0.436. The Hall–Kier alpha value is 0.507. The van der Waals surface area contributed by atoms with Crippen molar-refractivity contribution in [2.24, 2.45) is 0 Å². The Morgan fingerprint density at radius 3 is 2.09 bits per heavy atom. The van der Waals surface area contributed by atoms with Crippen LogP contribution in [0.3, 0.4) is 0 Å². The van der Waals surface area contributed by atoms with Gasteiger partial charge in [-0.2, -0.15) is 0 Å². The van der Waals surface area contributed by atoms with Gasteiger partial charge in [-0.15, -0.1) is 11.6 Å². The third-order valence-corrected chi connectivity index (χ3v) is 6.58. The van der Waals surface area contributed by atoms with Gasteiger partial charge in [0, 0.05) is 14.2 Å². The molecule has 0 unspecified atom stereocenters. The Kier molecular flexibility index (Phi) is 3.04. The van der Waals surface area contributed by atoms with Gasteiger partial charge in [0.2, 0.25) is 0 Å². The van der Waals surface area contributed by atoms with Gasteiger partial charge in [-0.1, -0.05) is 20.0 Å². The molecule has 0 nitrogen and oxygen atoms in total. The maximum atomic E-state index is 6.06. The van der Waals surface area contributed by atoms with E-state index >= 15 is 0 Å². The van der Waals surface area contributed by atoms with Crippen molar-refractivity contribution in [1.82, 2.24) is 0 Å². The molecule has 0 aromatic heterocycles. The molecule has 0 bridgehead atoms. The van der Waals surface area contributed by atoms with Crippen molar-refractivity contribution in [1.29, 1.82) is 0 Å². The molecule has 0 aromatic carbocycles. The van der Waals surface area contributed by atoms with E-state index in [2.05, 4.69) is 20.0 Å². The van der Waals surface area contributed by atoms with Gasteiger partial charge in [-0.3, -0.25) is 0 Å². The molecular formula is C9H18ClSi. The molecule has 1 saturated carbocycles. The van der Waals surface area contributed by atoms with Gasteiger partial charge in [-0.05, 0) is 30.7 Å². The fraction of sp³-hybridized carbons (Fsp3) is 1.00. The molecule has 11 heavy (non-hydrogen) atoms. The van der Waals surface area contributed by atoms with Crippen molar-refractivity contribution in [3.05, 3.63) is 0 Å². The summed E-state index contributed by atoms with van der Waals surface area (Å²) in [5.74, 6) is 0. The molecule has 0 atom stereocenters. The highest BCUT2D eigenvalue weighted by Gasteiger charge is 2.33. The fourth-order valence-corrected chi connectivity index (χ4v) is 3.23. The average molecular weight is 190 g/mol. The Bertz CT molecular complexity index is 126. The summed E-state index contributed by atoms with van der Waals surface area (Å²) in [4.78, 5) is 0. The van der Waals surface area contributed by atoms with E-state index < -0.39 is 0 Å². The van der Waals surface area contributed by atoms with Crippen LogP contribution in [0.1, 0.15) is 32.6 Å². The zero-order chi connectivity index (χ0) is 8.48. The number of rotatable bonds is 1. The van der Waals surface area contributed by atoms with Crippen molar-refractivity contribution in [3.63, 3.8) is 0 Å². The first-order chi connectivity index (χ1) is 5.04. The van der Waals surface area contributed by atoms with Crippen molar-refractivity contribution >= 4 is 20.4 Å². The van der Waals surface area contributed by atoms with E-state index in [1.54, 1.807) is 0 Å². The van der Waals surface area contributed by atoms with Crippen LogP contribution < -0.4 is 0 Å². The zero-order valence-electron chi connectivity index (χ0n) is 7.78. The molecule has 0 aromatic rings. The predicted octanol–water partition coefficient (Wildman–Crippen LogP) is 3.68. The predicted molar refractivity (Wildman–Crippen MR) is 54.0 cm³/mol. The van der Waals surface area contributed by atoms with E-state index in [4.69, 9.17) is 11.6 Å². The molecule has 0 spiro atoms. The second-order valence-electron chi connectivity index (χ2n) is 4.24. The van der Waals surface area contributed by atoms with Gasteiger partial charge >= 0.3 is 0 Å². The minimum absolute atomic E-state index is 0.116. The van der Waals surface area contributed by atoms with Crippen molar-refractivity contribution in [2.75, 3.05) is 0 Å². The van der Waals surface area contributed by atoms with Crippen molar-refractivity contribution in [3.8, 4) is 0 Å². The van der Waals surface area contributed by atoms with Crippen LogP contribution in [0.2, 0.25) is 18.1 Å². The number of alkyl halides is 1. The minimum atomic E-state index is -0.116. The summed E-state index contributed by atoms with van der Waals surface area (Å²) < 4.78 is 0. The lowest BCUT2D eigenvalue weighted by Gasteiger charge is -2.38. The van der Waals surface area contributed by atoms with Crippen LogP contribution >= 0.6 is 11.6 Å². The summed E-state index contributed by atoms with van der Waals surface area (Å²) in [5.41, 5.74) is 0.